The number of aromatic hydroxyl groups is 1. The summed E-state index contributed by atoms with van der Waals surface area (Å²) in [6.45, 7) is 4.52. The molecule has 33 heavy (non-hydrogen) atoms. The molecule has 8 nitrogen and oxygen atoms in total. The summed E-state index contributed by atoms with van der Waals surface area (Å²) in [4.78, 5) is 32.4. The fourth-order valence-electron chi connectivity index (χ4n) is 4.48. The third kappa shape index (κ3) is 3.67. The van der Waals surface area contributed by atoms with Gasteiger partial charge < -0.3 is 15.3 Å². The first-order chi connectivity index (χ1) is 15.9. The standard InChI is InChI=1S/C25H25N5O3/c1-15(2)30-23-17(13-27-30)12-18(14-26-23)28-24(32)21-8-5-11-29(21)25(33)20-10-9-16-6-3-4-7-19(16)22(20)31/h3-4,6-7,9-10,12-15,21,31H,5,8,11H2,1-2H3,(H,28,32). The Morgan fingerprint density at radius 2 is 1.94 bits per heavy atom. The summed E-state index contributed by atoms with van der Waals surface area (Å²) in [6, 6.07) is 12.2. The average molecular weight is 444 g/mol. The summed E-state index contributed by atoms with van der Waals surface area (Å²) >= 11 is 0. The molecule has 2 aromatic carbocycles. The molecule has 4 aromatic rings. The second-order valence-electron chi connectivity index (χ2n) is 8.65. The van der Waals surface area contributed by atoms with Gasteiger partial charge >= 0.3 is 0 Å². The Hall–Kier alpha value is -3.94. The Morgan fingerprint density at radius 3 is 2.76 bits per heavy atom. The van der Waals surface area contributed by atoms with E-state index in [9.17, 15) is 14.7 Å². The molecule has 1 atom stereocenters. The Morgan fingerprint density at radius 1 is 1.12 bits per heavy atom. The van der Waals surface area contributed by atoms with Crippen molar-refractivity contribution in [3.05, 3.63) is 60.4 Å². The molecule has 1 aliphatic heterocycles. The smallest absolute Gasteiger partial charge is 0.258 e. The maximum Gasteiger partial charge on any atom is 0.258 e. The normalized spacial score (nSPS) is 16.1. The van der Waals surface area contributed by atoms with Gasteiger partial charge in [0.25, 0.3) is 5.91 Å². The predicted molar refractivity (Wildman–Crippen MR) is 126 cm³/mol. The van der Waals surface area contributed by atoms with Gasteiger partial charge in [0, 0.05) is 23.4 Å². The summed E-state index contributed by atoms with van der Waals surface area (Å²) in [5.74, 6) is -0.665. The van der Waals surface area contributed by atoms with Gasteiger partial charge in [-0.2, -0.15) is 5.10 Å². The molecule has 1 unspecified atom stereocenters. The monoisotopic (exact) mass is 443 g/mol. The molecule has 5 rings (SSSR count). The third-order valence-electron chi connectivity index (χ3n) is 6.14. The molecule has 1 saturated heterocycles. The van der Waals surface area contributed by atoms with Crippen LogP contribution in [0.1, 0.15) is 43.1 Å². The van der Waals surface area contributed by atoms with Gasteiger partial charge in [-0.3, -0.25) is 9.59 Å². The molecule has 8 heteroatoms. The van der Waals surface area contributed by atoms with Crippen LogP contribution in [-0.4, -0.2) is 49.2 Å². The van der Waals surface area contributed by atoms with E-state index >= 15 is 0 Å². The molecule has 0 saturated carbocycles. The minimum absolute atomic E-state index is 0.0547. The van der Waals surface area contributed by atoms with Crippen molar-refractivity contribution in [3.63, 3.8) is 0 Å². The number of likely N-dealkylation sites (tertiary alicyclic amines) is 1. The summed E-state index contributed by atoms with van der Waals surface area (Å²) < 4.78 is 1.83. The van der Waals surface area contributed by atoms with Crippen LogP contribution in [-0.2, 0) is 4.79 Å². The highest BCUT2D eigenvalue weighted by atomic mass is 16.3. The molecule has 3 heterocycles. The van der Waals surface area contributed by atoms with Crippen LogP contribution in [0.4, 0.5) is 5.69 Å². The molecule has 0 aliphatic carbocycles. The molecule has 2 aromatic heterocycles. The van der Waals surface area contributed by atoms with Gasteiger partial charge in [0.2, 0.25) is 5.91 Å². The number of benzene rings is 2. The number of aromatic nitrogens is 3. The highest BCUT2D eigenvalue weighted by Gasteiger charge is 2.35. The van der Waals surface area contributed by atoms with E-state index in [0.29, 0.717) is 24.0 Å². The lowest BCUT2D eigenvalue weighted by atomic mass is 10.0. The van der Waals surface area contributed by atoms with Gasteiger partial charge in [-0.1, -0.05) is 30.3 Å². The highest BCUT2D eigenvalue weighted by molar-refractivity contribution is 6.06. The van der Waals surface area contributed by atoms with E-state index in [2.05, 4.69) is 15.4 Å². The highest BCUT2D eigenvalue weighted by Crippen LogP contribution is 2.31. The van der Waals surface area contributed by atoms with E-state index in [1.165, 1.54) is 0 Å². The fourth-order valence-corrected chi connectivity index (χ4v) is 4.48. The maximum atomic E-state index is 13.3. The molecule has 2 N–H and O–H groups in total. The van der Waals surface area contributed by atoms with Gasteiger partial charge in [0.1, 0.15) is 11.8 Å². The van der Waals surface area contributed by atoms with E-state index < -0.39 is 6.04 Å². The lowest BCUT2D eigenvalue weighted by molar-refractivity contribution is -0.119. The van der Waals surface area contributed by atoms with Crippen LogP contribution in [0.3, 0.4) is 0 Å². The van der Waals surface area contributed by atoms with Gasteiger partial charge in [-0.25, -0.2) is 9.67 Å². The molecular formula is C25H25N5O3. The van der Waals surface area contributed by atoms with E-state index in [-0.39, 0.29) is 29.2 Å². The zero-order valence-electron chi connectivity index (χ0n) is 18.5. The first-order valence-corrected chi connectivity index (χ1v) is 11.1. The van der Waals surface area contributed by atoms with Crippen molar-refractivity contribution in [3.8, 4) is 5.75 Å². The number of hydrogen-bond donors (Lipinski definition) is 2. The number of anilines is 1. The van der Waals surface area contributed by atoms with Crippen molar-refractivity contribution in [2.24, 2.45) is 0 Å². The number of carbonyl (C=O) groups is 2. The van der Waals surface area contributed by atoms with E-state index in [1.807, 2.05) is 48.9 Å². The van der Waals surface area contributed by atoms with Crippen molar-refractivity contribution < 1.29 is 14.7 Å². The third-order valence-corrected chi connectivity index (χ3v) is 6.14. The maximum absolute atomic E-state index is 13.3. The van der Waals surface area contributed by atoms with Gasteiger partial charge in [0.15, 0.2) is 5.65 Å². The zero-order chi connectivity index (χ0) is 23.1. The van der Waals surface area contributed by atoms with Gasteiger partial charge in [0.05, 0.1) is 23.6 Å². The molecular weight excluding hydrogens is 418 g/mol. The number of fused-ring (bicyclic) bond motifs is 2. The minimum Gasteiger partial charge on any atom is -0.506 e. The molecule has 2 amide bonds. The van der Waals surface area contributed by atoms with Crippen LogP contribution in [0.2, 0.25) is 0 Å². The number of hydrogen-bond acceptors (Lipinski definition) is 5. The molecule has 1 aliphatic rings. The largest absolute Gasteiger partial charge is 0.506 e. The van der Waals surface area contributed by atoms with E-state index in [0.717, 1.165) is 22.8 Å². The second kappa shape index (κ2) is 8.20. The Kier molecular flexibility index (Phi) is 5.20. The summed E-state index contributed by atoms with van der Waals surface area (Å²) in [6.07, 6.45) is 4.62. The topological polar surface area (TPSA) is 100 Å². The van der Waals surface area contributed by atoms with Crippen LogP contribution in [0.25, 0.3) is 21.8 Å². The van der Waals surface area contributed by atoms with Gasteiger partial charge in [-0.05, 0) is 44.2 Å². The molecule has 1 fully saturated rings. The van der Waals surface area contributed by atoms with E-state index in [1.54, 1.807) is 29.4 Å². The van der Waals surface area contributed by atoms with Crippen LogP contribution in [0.5, 0.6) is 5.75 Å². The summed E-state index contributed by atoms with van der Waals surface area (Å²) in [5.41, 5.74) is 1.52. The van der Waals surface area contributed by atoms with Crippen LogP contribution in [0.15, 0.2) is 54.9 Å². The van der Waals surface area contributed by atoms with Crippen molar-refractivity contribution >= 4 is 39.3 Å². The number of phenols is 1. The van der Waals surface area contributed by atoms with E-state index in [4.69, 9.17) is 0 Å². The minimum atomic E-state index is -0.613. The lowest BCUT2D eigenvalue weighted by Gasteiger charge is -2.24. The summed E-state index contributed by atoms with van der Waals surface area (Å²) in [7, 11) is 0. The van der Waals surface area contributed by atoms with Crippen LogP contribution in [0, 0.1) is 0 Å². The number of pyridine rings is 1. The number of amides is 2. The summed E-state index contributed by atoms with van der Waals surface area (Å²) in [5, 5.41) is 20.3. The number of nitrogens with one attached hydrogen (secondary N) is 1. The first kappa shape index (κ1) is 20.9. The zero-order valence-corrected chi connectivity index (χ0v) is 18.5. The quantitative estimate of drug-likeness (QED) is 0.494. The molecule has 0 spiro atoms. The van der Waals surface area contributed by atoms with Crippen molar-refractivity contribution in [1.82, 2.24) is 19.7 Å². The number of nitrogens with zero attached hydrogens (tertiary/aromatic N) is 4. The predicted octanol–water partition coefficient (Wildman–Crippen LogP) is 4.11. The van der Waals surface area contributed by atoms with Gasteiger partial charge in [-0.15, -0.1) is 0 Å². The van der Waals surface area contributed by atoms with Crippen LogP contribution >= 0.6 is 0 Å². The molecule has 0 radical (unpaired) electrons. The molecule has 168 valence electrons. The lowest BCUT2D eigenvalue weighted by Crippen LogP contribution is -2.43. The number of phenolic OH excluding ortho intramolecular Hbond substituents is 1. The Balaban J connectivity index is 1.37. The Labute approximate surface area is 190 Å². The fraction of sp³-hybridized carbons (Fsp3) is 0.280. The van der Waals surface area contributed by atoms with Crippen molar-refractivity contribution in [2.45, 2.75) is 38.8 Å². The van der Waals surface area contributed by atoms with Crippen LogP contribution < -0.4 is 5.32 Å². The van der Waals surface area contributed by atoms with Crippen molar-refractivity contribution in [1.29, 1.82) is 0 Å². The second-order valence-corrected chi connectivity index (χ2v) is 8.65. The SMILES string of the molecule is CC(C)n1ncc2cc(NC(=O)C3CCCN3C(=O)c3ccc4ccccc4c3O)cnc21. The molecule has 0 bridgehead atoms. The average Bonchev–Trinajstić information content (AvgIpc) is 3.46. The van der Waals surface area contributed by atoms with Crippen molar-refractivity contribution in [2.75, 3.05) is 11.9 Å². The number of rotatable bonds is 4. The Bertz CT molecular complexity index is 1380. The number of carbonyl (C=O) groups excluding carboxylic acids is 2. The first-order valence-electron chi connectivity index (χ1n) is 11.1.